The largest absolute Gasteiger partial charge is 0.328 e. The first-order valence-corrected chi connectivity index (χ1v) is 4.87. The molecule has 0 bridgehead atoms. The van der Waals surface area contributed by atoms with Crippen LogP contribution >= 0.6 is 22.6 Å². The molecule has 1 atom stereocenters. The highest BCUT2D eigenvalue weighted by Crippen LogP contribution is 2.13. The molecule has 0 aliphatic heterocycles. The summed E-state index contributed by atoms with van der Waals surface area (Å²) < 4.78 is 14.1. The van der Waals surface area contributed by atoms with Gasteiger partial charge >= 0.3 is 0 Å². The molecule has 0 radical (unpaired) electrons. The molecule has 1 aromatic carbocycles. The highest BCUT2D eigenvalue weighted by atomic mass is 127. The maximum absolute atomic E-state index is 13.2. The van der Waals surface area contributed by atoms with E-state index in [-0.39, 0.29) is 11.9 Å². The standard InChI is InChI=1S/C9H11FIN/c1-6(12)4-7-2-3-8(11)5-9(7)10/h2-3,5-6H,4,12H2,1H3. The normalized spacial score (nSPS) is 13.0. The van der Waals surface area contributed by atoms with Gasteiger partial charge in [-0.3, -0.25) is 0 Å². The van der Waals surface area contributed by atoms with Gasteiger partial charge in [-0.1, -0.05) is 6.07 Å². The van der Waals surface area contributed by atoms with Gasteiger partial charge in [-0.05, 0) is 53.6 Å². The number of halogens is 2. The molecule has 0 saturated heterocycles. The maximum Gasteiger partial charge on any atom is 0.127 e. The van der Waals surface area contributed by atoms with Crippen molar-refractivity contribution >= 4 is 22.6 Å². The van der Waals surface area contributed by atoms with Crippen LogP contribution in [0.25, 0.3) is 0 Å². The van der Waals surface area contributed by atoms with Gasteiger partial charge in [-0.2, -0.15) is 0 Å². The molecule has 1 unspecified atom stereocenters. The molecule has 3 heteroatoms. The molecule has 0 spiro atoms. The van der Waals surface area contributed by atoms with Crippen LogP contribution < -0.4 is 5.73 Å². The molecule has 1 nitrogen and oxygen atoms in total. The fourth-order valence-corrected chi connectivity index (χ4v) is 1.49. The molecule has 0 amide bonds. The monoisotopic (exact) mass is 279 g/mol. The van der Waals surface area contributed by atoms with E-state index in [1.165, 1.54) is 6.07 Å². The lowest BCUT2D eigenvalue weighted by molar-refractivity contribution is 0.595. The average molecular weight is 279 g/mol. The number of hydrogen-bond donors (Lipinski definition) is 1. The molecule has 0 saturated carbocycles. The lowest BCUT2D eigenvalue weighted by Crippen LogP contribution is -2.18. The van der Waals surface area contributed by atoms with Crippen molar-refractivity contribution in [2.75, 3.05) is 0 Å². The fraction of sp³-hybridized carbons (Fsp3) is 0.333. The van der Waals surface area contributed by atoms with Crippen molar-refractivity contribution in [2.24, 2.45) is 5.73 Å². The Morgan fingerprint density at radius 2 is 2.25 bits per heavy atom. The third kappa shape index (κ3) is 2.71. The fourth-order valence-electron chi connectivity index (χ4n) is 1.03. The van der Waals surface area contributed by atoms with Crippen LogP contribution in [0.3, 0.4) is 0 Å². The topological polar surface area (TPSA) is 26.0 Å². The predicted molar refractivity (Wildman–Crippen MR) is 56.5 cm³/mol. The Labute approximate surface area is 85.3 Å². The van der Waals surface area contributed by atoms with Crippen LogP contribution in [-0.4, -0.2) is 6.04 Å². The zero-order valence-electron chi connectivity index (χ0n) is 6.85. The summed E-state index contributed by atoms with van der Waals surface area (Å²) in [5.41, 5.74) is 6.26. The Kier molecular flexibility index (Phi) is 3.46. The maximum atomic E-state index is 13.2. The molecule has 0 aromatic heterocycles. The van der Waals surface area contributed by atoms with Crippen molar-refractivity contribution in [2.45, 2.75) is 19.4 Å². The molecule has 12 heavy (non-hydrogen) atoms. The van der Waals surface area contributed by atoms with Gasteiger partial charge in [-0.25, -0.2) is 4.39 Å². The van der Waals surface area contributed by atoms with Gasteiger partial charge in [0, 0.05) is 9.61 Å². The summed E-state index contributed by atoms with van der Waals surface area (Å²) in [6, 6.07) is 5.22. The van der Waals surface area contributed by atoms with Gasteiger partial charge in [0.05, 0.1) is 0 Å². The molecule has 0 heterocycles. The number of hydrogen-bond acceptors (Lipinski definition) is 1. The number of nitrogens with two attached hydrogens (primary N) is 1. The van der Waals surface area contributed by atoms with Crippen LogP contribution in [-0.2, 0) is 6.42 Å². The Hall–Kier alpha value is -0.160. The van der Waals surface area contributed by atoms with Gasteiger partial charge in [0.25, 0.3) is 0 Å². The van der Waals surface area contributed by atoms with Crippen molar-refractivity contribution in [3.8, 4) is 0 Å². The summed E-state index contributed by atoms with van der Waals surface area (Å²) in [5.74, 6) is -0.154. The summed E-state index contributed by atoms with van der Waals surface area (Å²) in [6.07, 6.45) is 0.600. The molecule has 1 aromatic rings. The first-order chi connectivity index (χ1) is 5.59. The van der Waals surface area contributed by atoms with Crippen molar-refractivity contribution < 1.29 is 4.39 Å². The molecule has 0 aliphatic rings. The second-order valence-corrected chi connectivity index (χ2v) is 4.16. The third-order valence-corrected chi connectivity index (χ3v) is 2.23. The smallest absolute Gasteiger partial charge is 0.127 e. The van der Waals surface area contributed by atoms with Gasteiger partial charge in [-0.15, -0.1) is 0 Å². The van der Waals surface area contributed by atoms with Gasteiger partial charge in [0.15, 0.2) is 0 Å². The zero-order valence-corrected chi connectivity index (χ0v) is 9.01. The van der Waals surface area contributed by atoms with Crippen LogP contribution in [0.2, 0.25) is 0 Å². The molecule has 2 N–H and O–H groups in total. The van der Waals surface area contributed by atoms with Crippen molar-refractivity contribution in [1.82, 2.24) is 0 Å². The van der Waals surface area contributed by atoms with E-state index in [0.29, 0.717) is 12.0 Å². The Morgan fingerprint density at radius 3 is 2.75 bits per heavy atom. The number of benzene rings is 1. The zero-order chi connectivity index (χ0) is 9.14. The van der Waals surface area contributed by atoms with Gasteiger partial charge < -0.3 is 5.73 Å². The molecule has 66 valence electrons. The molecular weight excluding hydrogens is 268 g/mol. The van der Waals surface area contributed by atoms with Crippen molar-refractivity contribution in [1.29, 1.82) is 0 Å². The Balaban J connectivity index is 2.86. The summed E-state index contributed by atoms with van der Waals surface area (Å²) in [4.78, 5) is 0. The average Bonchev–Trinajstić information content (AvgIpc) is 1.94. The van der Waals surface area contributed by atoms with E-state index in [1.807, 2.05) is 13.0 Å². The second-order valence-electron chi connectivity index (χ2n) is 2.92. The van der Waals surface area contributed by atoms with E-state index < -0.39 is 0 Å². The highest BCUT2D eigenvalue weighted by Gasteiger charge is 2.04. The first kappa shape index (κ1) is 9.92. The van der Waals surface area contributed by atoms with Gasteiger partial charge in [0.1, 0.15) is 5.82 Å². The second kappa shape index (κ2) is 4.18. The van der Waals surface area contributed by atoms with Crippen molar-refractivity contribution in [3.63, 3.8) is 0 Å². The highest BCUT2D eigenvalue weighted by molar-refractivity contribution is 14.1. The van der Waals surface area contributed by atoms with Crippen LogP contribution in [0, 0.1) is 9.39 Å². The molecule has 0 aliphatic carbocycles. The van der Waals surface area contributed by atoms with E-state index in [9.17, 15) is 4.39 Å². The lowest BCUT2D eigenvalue weighted by atomic mass is 10.1. The summed E-state index contributed by atoms with van der Waals surface area (Å²) in [6.45, 7) is 1.87. The van der Waals surface area contributed by atoms with Gasteiger partial charge in [0.2, 0.25) is 0 Å². The van der Waals surface area contributed by atoms with E-state index >= 15 is 0 Å². The minimum atomic E-state index is -0.154. The molecule has 1 rings (SSSR count). The lowest BCUT2D eigenvalue weighted by Gasteiger charge is -2.06. The Morgan fingerprint density at radius 1 is 1.58 bits per heavy atom. The van der Waals surface area contributed by atoms with Crippen LogP contribution in [0.4, 0.5) is 4.39 Å². The summed E-state index contributed by atoms with van der Waals surface area (Å²) in [5, 5.41) is 0. The van der Waals surface area contributed by atoms with E-state index in [0.717, 1.165) is 3.57 Å². The predicted octanol–water partition coefficient (Wildman–Crippen LogP) is 2.32. The van der Waals surface area contributed by atoms with E-state index in [4.69, 9.17) is 5.73 Å². The Bertz CT molecular complexity index is 273. The van der Waals surface area contributed by atoms with E-state index in [2.05, 4.69) is 22.6 Å². The summed E-state index contributed by atoms with van der Waals surface area (Å²) in [7, 11) is 0. The van der Waals surface area contributed by atoms with Crippen LogP contribution in [0.1, 0.15) is 12.5 Å². The quantitative estimate of drug-likeness (QED) is 0.826. The number of rotatable bonds is 2. The molecular formula is C9H11FIN. The SMILES string of the molecule is CC(N)Cc1ccc(I)cc1F. The molecule has 0 fully saturated rings. The minimum absolute atomic E-state index is 0.0135. The summed E-state index contributed by atoms with van der Waals surface area (Å²) >= 11 is 2.08. The van der Waals surface area contributed by atoms with Crippen LogP contribution in [0.5, 0.6) is 0 Å². The van der Waals surface area contributed by atoms with Crippen LogP contribution in [0.15, 0.2) is 18.2 Å². The van der Waals surface area contributed by atoms with E-state index in [1.54, 1.807) is 6.07 Å². The first-order valence-electron chi connectivity index (χ1n) is 3.79. The minimum Gasteiger partial charge on any atom is -0.328 e. The van der Waals surface area contributed by atoms with Crippen molar-refractivity contribution in [3.05, 3.63) is 33.1 Å². The third-order valence-electron chi connectivity index (χ3n) is 1.56.